The molecule has 1 aromatic heterocycles. The molecule has 7 heteroatoms. The Morgan fingerprint density at radius 3 is 3.00 bits per heavy atom. The van der Waals surface area contributed by atoms with Crippen LogP contribution in [0, 0.1) is 0 Å². The molecule has 3 atom stereocenters. The largest absolute Gasteiger partial charge is 0.480 e. The minimum Gasteiger partial charge on any atom is -0.480 e. The lowest BCUT2D eigenvalue weighted by Gasteiger charge is -2.26. The summed E-state index contributed by atoms with van der Waals surface area (Å²) >= 11 is 0. The van der Waals surface area contributed by atoms with Gasteiger partial charge in [0.05, 0.1) is 20.4 Å². The minimum absolute atomic E-state index is 0.212. The Morgan fingerprint density at radius 1 is 1.79 bits per heavy atom. The first-order valence-electron chi connectivity index (χ1n) is 6.45. The molecule has 0 aromatic carbocycles. The summed E-state index contributed by atoms with van der Waals surface area (Å²) in [7, 11) is 5.51. The van der Waals surface area contributed by atoms with E-state index in [1.54, 1.807) is 6.20 Å². The van der Waals surface area contributed by atoms with Crippen LogP contribution in [0.15, 0.2) is 6.20 Å². The Labute approximate surface area is 113 Å². The fraction of sp³-hybridized carbons (Fsp3) is 0.667. The van der Waals surface area contributed by atoms with Gasteiger partial charge in [-0.15, -0.1) is 0 Å². The second kappa shape index (κ2) is 4.98. The number of fused-ring (bicyclic) bond motifs is 1. The van der Waals surface area contributed by atoms with E-state index in [2.05, 4.69) is 4.98 Å². The SMILES string of the molecule is [B]CCCC1c2cnc(C(C)N)n2CC1(N)C(=O)O. The number of carbonyl (C=O) groups is 1. The van der Waals surface area contributed by atoms with Crippen molar-refractivity contribution >= 4 is 13.8 Å². The zero-order chi connectivity index (χ0) is 14.2. The van der Waals surface area contributed by atoms with E-state index in [0.717, 1.165) is 12.1 Å². The molecule has 2 rings (SSSR count). The Balaban J connectivity index is 2.40. The second-order valence-corrected chi connectivity index (χ2v) is 5.25. The predicted molar refractivity (Wildman–Crippen MR) is 71.9 cm³/mol. The number of carboxylic acids is 1. The summed E-state index contributed by atoms with van der Waals surface area (Å²) in [6.07, 6.45) is 3.58. The Kier molecular flexibility index (Phi) is 3.69. The summed E-state index contributed by atoms with van der Waals surface area (Å²) in [5.74, 6) is -0.580. The highest BCUT2D eigenvalue weighted by atomic mass is 16.4. The number of aliphatic carboxylic acids is 1. The van der Waals surface area contributed by atoms with E-state index in [9.17, 15) is 9.90 Å². The van der Waals surface area contributed by atoms with Crippen molar-refractivity contribution in [2.24, 2.45) is 11.5 Å². The lowest BCUT2D eigenvalue weighted by Crippen LogP contribution is -2.52. The van der Waals surface area contributed by atoms with Gasteiger partial charge < -0.3 is 21.1 Å². The van der Waals surface area contributed by atoms with Gasteiger partial charge in [0.25, 0.3) is 0 Å². The normalized spacial score (nSPS) is 27.2. The smallest absolute Gasteiger partial charge is 0.326 e. The van der Waals surface area contributed by atoms with Gasteiger partial charge in [0.1, 0.15) is 11.4 Å². The summed E-state index contributed by atoms with van der Waals surface area (Å²) in [6, 6.07) is -0.250. The third-order valence-electron chi connectivity index (χ3n) is 3.82. The summed E-state index contributed by atoms with van der Waals surface area (Å²) in [6.45, 7) is 2.03. The molecule has 1 aromatic rings. The molecule has 3 unspecified atom stereocenters. The number of nitrogens with two attached hydrogens (primary N) is 2. The summed E-state index contributed by atoms with van der Waals surface area (Å²) in [5.41, 5.74) is 11.5. The van der Waals surface area contributed by atoms with Crippen LogP contribution in [0.5, 0.6) is 0 Å². The van der Waals surface area contributed by atoms with Crippen LogP contribution in [-0.2, 0) is 11.3 Å². The molecule has 0 saturated carbocycles. The van der Waals surface area contributed by atoms with Crippen LogP contribution >= 0.6 is 0 Å². The van der Waals surface area contributed by atoms with Gasteiger partial charge in [-0.2, -0.15) is 0 Å². The highest BCUT2D eigenvalue weighted by molar-refractivity contribution is 6.08. The number of rotatable bonds is 5. The van der Waals surface area contributed by atoms with E-state index in [1.807, 2.05) is 11.5 Å². The summed E-state index contributed by atoms with van der Waals surface area (Å²) < 4.78 is 1.85. The standard InChI is InChI=1S/C12H19BN4O2/c1-7(14)10-16-5-9-8(3-2-4-13)12(15,11(18)19)6-17(9)10/h5,7-8H,2-4,6,14-15H2,1H3,(H,18,19). The van der Waals surface area contributed by atoms with Gasteiger partial charge in [0.15, 0.2) is 0 Å². The Hall–Kier alpha value is -1.34. The van der Waals surface area contributed by atoms with Gasteiger partial charge >= 0.3 is 5.97 Å². The molecule has 1 aliphatic heterocycles. The molecule has 6 nitrogen and oxygen atoms in total. The van der Waals surface area contributed by atoms with Crippen molar-refractivity contribution in [3.63, 3.8) is 0 Å². The highest BCUT2D eigenvalue weighted by Gasteiger charge is 2.50. The van der Waals surface area contributed by atoms with Crippen LogP contribution in [0.25, 0.3) is 0 Å². The molecule has 19 heavy (non-hydrogen) atoms. The Morgan fingerprint density at radius 2 is 2.47 bits per heavy atom. The summed E-state index contributed by atoms with van der Waals surface area (Å²) in [4.78, 5) is 15.8. The van der Waals surface area contributed by atoms with Gasteiger partial charge in [-0.25, -0.2) is 4.98 Å². The lowest BCUT2D eigenvalue weighted by atomic mass is 9.81. The third kappa shape index (κ3) is 2.17. The quantitative estimate of drug-likeness (QED) is 0.654. The molecule has 2 heterocycles. The predicted octanol–water partition coefficient (Wildman–Crippen LogP) is 0.149. The maximum atomic E-state index is 11.5. The van der Waals surface area contributed by atoms with E-state index < -0.39 is 11.5 Å². The van der Waals surface area contributed by atoms with E-state index in [1.165, 1.54) is 0 Å². The molecule has 0 amide bonds. The topological polar surface area (TPSA) is 107 Å². The number of nitrogens with zero attached hydrogens (tertiary/aromatic N) is 2. The first kappa shape index (κ1) is 14.1. The van der Waals surface area contributed by atoms with E-state index in [4.69, 9.17) is 19.3 Å². The second-order valence-electron chi connectivity index (χ2n) is 5.25. The van der Waals surface area contributed by atoms with Gasteiger partial charge in [0, 0.05) is 17.8 Å². The van der Waals surface area contributed by atoms with Gasteiger partial charge in [-0.1, -0.05) is 12.7 Å². The van der Waals surface area contributed by atoms with Crippen molar-refractivity contribution in [2.75, 3.05) is 0 Å². The van der Waals surface area contributed by atoms with E-state index in [0.29, 0.717) is 18.6 Å². The zero-order valence-electron chi connectivity index (χ0n) is 11.0. The van der Waals surface area contributed by atoms with Crippen molar-refractivity contribution < 1.29 is 9.90 Å². The number of imidazole rings is 1. The molecule has 0 saturated heterocycles. The van der Waals surface area contributed by atoms with Crippen molar-refractivity contribution in [2.45, 2.75) is 50.1 Å². The fourth-order valence-electron chi connectivity index (χ4n) is 2.80. The molecule has 102 valence electrons. The zero-order valence-corrected chi connectivity index (χ0v) is 11.0. The molecular formula is C12H19BN4O2. The number of carboxylic acid groups (broad SMARTS) is 1. The van der Waals surface area contributed by atoms with Gasteiger partial charge in [0.2, 0.25) is 0 Å². The van der Waals surface area contributed by atoms with Crippen LogP contribution in [0.2, 0.25) is 6.32 Å². The number of aromatic nitrogens is 2. The first-order chi connectivity index (χ1) is 8.91. The van der Waals surface area contributed by atoms with E-state index in [-0.39, 0.29) is 18.5 Å². The average molecular weight is 262 g/mol. The molecule has 0 aliphatic carbocycles. The minimum atomic E-state index is -1.29. The van der Waals surface area contributed by atoms with Crippen molar-refractivity contribution in [1.82, 2.24) is 9.55 Å². The lowest BCUT2D eigenvalue weighted by molar-refractivity contribution is -0.144. The van der Waals surface area contributed by atoms with Crippen LogP contribution in [0.3, 0.4) is 0 Å². The van der Waals surface area contributed by atoms with Crippen LogP contribution in [0.4, 0.5) is 0 Å². The molecule has 0 fully saturated rings. The van der Waals surface area contributed by atoms with Crippen molar-refractivity contribution in [3.05, 3.63) is 17.7 Å². The van der Waals surface area contributed by atoms with Crippen LogP contribution < -0.4 is 11.5 Å². The molecule has 0 bridgehead atoms. The number of hydrogen-bond donors (Lipinski definition) is 3. The molecule has 2 radical (unpaired) electrons. The third-order valence-corrected chi connectivity index (χ3v) is 3.82. The molecule has 0 spiro atoms. The maximum absolute atomic E-state index is 11.5. The van der Waals surface area contributed by atoms with E-state index >= 15 is 0 Å². The fourth-order valence-corrected chi connectivity index (χ4v) is 2.80. The van der Waals surface area contributed by atoms with Crippen LogP contribution in [0.1, 0.15) is 43.2 Å². The summed E-state index contributed by atoms with van der Waals surface area (Å²) in [5, 5.41) is 9.44. The molecular weight excluding hydrogens is 243 g/mol. The molecule has 1 aliphatic rings. The van der Waals surface area contributed by atoms with Crippen molar-refractivity contribution in [3.8, 4) is 0 Å². The van der Waals surface area contributed by atoms with Gasteiger partial charge in [-0.3, -0.25) is 4.79 Å². The average Bonchev–Trinajstić information content (AvgIpc) is 2.83. The first-order valence-corrected chi connectivity index (χ1v) is 6.45. The maximum Gasteiger partial charge on any atom is 0.326 e. The molecule has 5 N–H and O–H groups in total. The highest BCUT2D eigenvalue weighted by Crippen LogP contribution is 2.40. The van der Waals surface area contributed by atoms with Gasteiger partial charge in [-0.05, 0) is 13.3 Å². The Bertz CT molecular complexity index is 488. The van der Waals surface area contributed by atoms with Crippen LogP contribution in [-0.4, -0.2) is 34.0 Å². The number of hydrogen-bond acceptors (Lipinski definition) is 4. The van der Waals surface area contributed by atoms with Crippen molar-refractivity contribution in [1.29, 1.82) is 0 Å². The monoisotopic (exact) mass is 262 g/mol.